The molecule has 0 aromatic heterocycles. The Morgan fingerprint density at radius 2 is 1.96 bits per heavy atom. The predicted molar refractivity (Wildman–Crippen MR) is 98.5 cm³/mol. The third-order valence-corrected chi connectivity index (χ3v) is 5.58. The molecule has 0 radical (unpaired) electrons. The van der Waals surface area contributed by atoms with Crippen LogP contribution in [0, 0.1) is 6.92 Å². The van der Waals surface area contributed by atoms with Gasteiger partial charge in [0, 0.05) is 6.07 Å². The Morgan fingerprint density at radius 3 is 2.67 bits per heavy atom. The number of methoxy groups -OCH3 is 1. The Hall–Kier alpha value is -3.07. The number of para-hydroxylation sites is 1. The Morgan fingerprint density at radius 1 is 1.26 bits per heavy atom. The van der Waals surface area contributed by atoms with Crippen LogP contribution in [-0.4, -0.2) is 33.5 Å². The lowest BCUT2D eigenvalue weighted by atomic mass is 10.1. The number of esters is 1. The highest BCUT2D eigenvalue weighted by atomic mass is 32.2. The zero-order valence-corrected chi connectivity index (χ0v) is 15.7. The number of benzene rings is 2. The van der Waals surface area contributed by atoms with Crippen LogP contribution in [0.3, 0.4) is 0 Å². The second-order valence-corrected chi connectivity index (χ2v) is 7.66. The summed E-state index contributed by atoms with van der Waals surface area (Å²) in [6.07, 6.45) is -0.733. The fraction of sp³-hybridized carbons (Fsp3) is 0.222. The second-order valence-electron chi connectivity index (χ2n) is 6.01. The number of nitrogens with one attached hydrogen (secondary N) is 2. The SMILES string of the molecule is COC(=O)c1ccccc1NS(=O)(=O)c1cc2c(cc1C)NC(=O)C(C)O2. The standard InChI is InChI=1S/C18H18N2O6S/c1-10-8-14-15(26-11(2)17(21)19-14)9-16(10)27(23,24)20-13-7-5-4-6-12(13)18(22)25-3/h4-9,11,20H,1-3H3,(H,19,21). The number of hydrogen-bond donors (Lipinski definition) is 2. The normalized spacial score (nSPS) is 16.0. The summed E-state index contributed by atoms with van der Waals surface area (Å²) in [7, 11) is -2.81. The molecule has 0 spiro atoms. The summed E-state index contributed by atoms with van der Waals surface area (Å²) < 4.78 is 38.4. The van der Waals surface area contributed by atoms with Crippen molar-refractivity contribution in [3.63, 3.8) is 0 Å². The van der Waals surface area contributed by atoms with Gasteiger partial charge in [-0.3, -0.25) is 9.52 Å². The number of sulfonamides is 1. The van der Waals surface area contributed by atoms with E-state index in [2.05, 4.69) is 14.8 Å². The Bertz CT molecular complexity index is 1030. The molecule has 2 aromatic carbocycles. The van der Waals surface area contributed by atoms with Gasteiger partial charge < -0.3 is 14.8 Å². The van der Waals surface area contributed by atoms with Gasteiger partial charge in [-0.05, 0) is 37.6 Å². The van der Waals surface area contributed by atoms with E-state index >= 15 is 0 Å². The molecule has 1 unspecified atom stereocenters. The average molecular weight is 390 g/mol. The van der Waals surface area contributed by atoms with E-state index in [-0.39, 0.29) is 27.8 Å². The molecule has 27 heavy (non-hydrogen) atoms. The molecule has 0 aliphatic carbocycles. The minimum atomic E-state index is -4.02. The van der Waals surface area contributed by atoms with Gasteiger partial charge in [0.15, 0.2) is 6.10 Å². The van der Waals surface area contributed by atoms with Crippen LogP contribution in [0.4, 0.5) is 11.4 Å². The summed E-state index contributed by atoms with van der Waals surface area (Å²) in [4.78, 5) is 23.6. The lowest BCUT2D eigenvalue weighted by Gasteiger charge is -2.24. The number of fused-ring (bicyclic) bond motifs is 1. The molecule has 0 saturated heterocycles. The van der Waals surface area contributed by atoms with Crippen molar-refractivity contribution in [2.75, 3.05) is 17.1 Å². The zero-order valence-electron chi connectivity index (χ0n) is 14.9. The number of rotatable bonds is 4. The molecule has 3 rings (SSSR count). The van der Waals surface area contributed by atoms with Crippen molar-refractivity contribution in [2.45, 2.75) is 24.8 Å². The largest absolute Gasteiger partial charge is 0.479 e. The topological polar surface area (TPSA) is 111 Å². The lowest BCUT2D eigenvalue weighted by molar-refractivity contribution is -0.122. The van der Waals surface area contributed by atoms with Crippen molar-refractivity contribution in [1.82, 2.24) is 0 Å². The Balaban J connectivity index is 2.01. The van der Waals surface area contributed by atoms with E-state index in [1.54, 1.807) is 26.0 Å². The van der Waals surface area contributed by atoms with Crippen molar-refractivity contribution in [2.24, 2.45) is 0 Å². The van der Waals surface area contributed by atoms with Crippen LogP contribution in [-0.2, 0) is 19.6 Å². The maximum absolute atomic E-state index is 12.9. The summed E-state index contributed by atoms with van der Waals surface area (Å²) in [6.45, 7) is 3.17. The van der Waals surface area contributed by atoms with Crippen molar-refractivity contribution in [3.8, 4) is 5.75 Å². The third-order valence-electron chi connectivity index (χ3n) is 4.07. The summed E-state index contributed by atoms with van der Waals surface area (Å²) in [5.41, 5.74) is 1.01. The maximum Gasteiger partial charge on any atom is 0.339 e. The first-order chi connectivity index (χ1) is 12.7. The first-order valence-electron chi connectivity index (χ1n) is 8.05. The van der Waals surface area contributed by atoms with Gasteiger partial charge in [-0.25, -0.2) is 13.2 Å². The van der Waals surface area contributed by atoms with Crippen molar-refractivity contribution in [3.05, 3.63) is 47.5 Å². The smallest absolute Gasteiger partial charge is 0.339 e. The van der Waals surface area contributed by atoms with Gasteiger partial charge in [0.25, 0.3) is 15.9 Å². The fourth-order valence-electron chi connectivity index (χ4n) is 2.69. The van der Waals surface area contributed by atoms with E-state index in [4.69, 9.17) is 4.74 Å². The van der Waals surface area contributed by atoms with E-state index in [1.165, 1.54) is 31.4 Å². The summed E-state index contributed by atoms with van der Waals surface area (Å²) in [5, 5.41) is 2.67. The van der Waals surface area contributed by atoms with Crippen LogP contribution in [0.2, 0.25) is 0 Å². The van der Waals surface area contributed by atoms with Crippen LogP contribution in [0.15, 0.2) is 41.3 Å². The van der Waals surface area contributed by atoms with Gasteiger partial charge in [0.2, 0.25) is 0 Å². The van der Waals surface area contributed by atoms with Gasteiger partial charge in [-0.1, -0.05) is 12.1 Å². The van der Waals surface area contributed by atoms with E-state index in [0.717, 1.165) is 0 Å². The molecule has 1 aliphatic heterocycles. The number of ether oxygens (including phenoxy) is 2. The lowest BCUT2D eigenvalue weighted by Crippen LogP contribution is -2.34. The van der Waals surface area contributed by atoms with Crippen LogP contribution < -0.4 is 14.8 Å². The Labute approximate surface area is 156 Å². The van der Waals surface area contributed by atoms with Gasteiger partial charge in [0.05, 0.1) is 28.9 Å². The first-order valence-corrected chi connectivity index (χ1v) is 9.53. The van der Waals surface area contributed by atoms with Crippen molar-refractivity contribution >= 4 is 33.3 Å². The number of aryl methyl sites for hydroxylation is 1. The Kier molecular flexibility index (Phi) is 4.79. The fourth-order valence-corrected chi connectivity index (χ4v) is 4.01. The van der Waals surface area contributed by atoms with Gasteiger partial charge in [-0.2, -0.15) is 0 Å². The maximum atomic E-state index is 12.9. The van der Waals surface area contributed by atoms with E-state index in [0.29, 0.717) is 11.3 Å². The van der Waals surface area contributed by atoms with E-state index < -0.39 is 22.1 Å². The number of anilines is 2. The van der Waals surface area contributed by atoms with Crippen molar-refractivity contribution in [1.29, 1.82) is 0 Å². The van der Waals surface area contributed by atoms with Crippen LogP contribution in [0.1, 0.15) is 22.8 Å². The number of carbonyl (C=O) groups excluding carboxylic acids is 2. The molecular formula is C18H18N2O6S. The summed E-state index contributed by atoms with van der Waals surface area (Å²) in [6, 6.07) is 9.01. The van der Waals surface area contributed by atoms with E-state index in [9.17, 15) is 18.0 Å². The molecule has 1 aliphatic rings. The molecule has 1 heterocycles. The highest BCUT2D eigenvalue weighted by Gasteiger charge is 2.28. The molecule has 0 saturated carbocycles. The van der Waals surface area contributed by atoms with E-state index in [1.807, 2.05) is 0 Å². The third kappa shape index (κ3) is 3.59. The van der Waals surface area contributed by atoms with Crippen LogP contribution >= 0.6 is 0 Å². The first kappa shape index (κ1) is 18.7. The number of carbonyl (C=O) groups is 2. The molecule has 8 nitrogen and oxygen atoms in total. The molecule has 9 heteroatoms. The molecule has 2 aromatic rings. The van der Waals surface area contributed by atoms with Crippen LogP contribution in [0.25, 0.3) is 0 Å². The zero-order chi connectivity index (χ0) is 19.8. The molecule has 1 amide bonds. The molecular weight excluding hydrogens is 372 g/mol. The van der Waals surface area contributed by atoms with Crippen molar-refractivity contribution < 1.29 is 27.5 Å². The summed E-state index contributed by atoms with van der Waals surface area (Å²) >= 11 is 0. The monoisotopic (exact) mass is 390 g/mol. The van der Waals surface area contributed by atoms with Gasteiger partial charge in [-0.15, -0.1) is 0 Å². The summed E-state index contributed by atoms with van der Waals surface area (Å²) in [5.74, 6) is -0.702. The molecule has 2 N–H and O–H groups in total. The molecule has 142 valence electrons. The number of amides is 1. The van der Waals surface area contributed by atoms with Gasteiger partial charge >= 0.3 is 5.97 Å². The van der Waals surface area contributed by atoms with Gasteiger partial charge in [0.1, 0.15) is 5.75 Å². The predicted octanol–water partition coefficient (Wildman–Crippen LogP) is 2.30. The molecule has 0 bridgehead atoms. The second kappa shape index (κ2) is 6.92. The minimum absolute atomic E-state index is 0.0238. The highest BCUT2D eigenvalue weighted by molar-refractivity contribution is 7.92. The number of hydrogen-bond acceptors (Lipinski definition) is 6. The molecule has 0 fully saturated rings. The minimum Gasteiger partial charge on any atom is -0.479 e. The quantitative estimate of drug-likeness (QED) is 0.775. The average Bonchev–Trinajstić information content (AvgIpc) is 2.62. The highest BCUT2D eigenvalue weighted by Crippen LogP contribution is 2.35. The van der Waals surface area contributed by atoms with Crippen LogP contribution in [0.5, 0.6) is 5.75 Å². The molecule has 1 atom stereocenters.